The molecule has 0 aliphatic heterocycles. The van der Waals surface area contributed by atoms with E-state index in [2.05, 4.69) is 40.0 Å². The van der Waals surface area contributed by atoms with Crippen molar-refractivity contribution in [3.63, 3.8) is 0 Å². The van der Waals surface area contributed by atoms with Crippen molar-refractivity contribution < 1.29 is 0 Å². The van der Waals surface area contributed by atoms with Gasteiger partial charge in [0.15, 0.2) is 11.5 Å². The average Bonchev–Trinajstić information content (AvgIpc) is 2.69. The summed E-state index contributed by atoms with van der Waals surface area (Å²) in [6.07, 6.45) is 3.22. The van der Waals surface area contributed by atoms with Crippen LogP contribution in [0.4, 0.5) is 5.82 Å². The van der Waals surface area contributed by atoms with Crippen LogP contribution in [0.5, 0.6) is 0 Å². The van der Waals surface area contributed by atoms with Crippen LogP contribution < -0.4 is 11.2 Å². The van der Waals surface area contributed by atoms with Gasteiger partial charge in [0.25, 0.3) is 0 Å². The molecule has 5 nitrogen and oxygen atoms in total. The Labute approximate surface area is 102 Å². The number of anilines is 1. The van der Waals surface area contributed by atoms with E-state index < -0.39 is 8.80 Å². The van der Waals surface area contributed by atoms with Crippen LogP contribution in [0.15, 0.2) is 0 Å². The van der Waals surface area contributed by atoms with E-state index in [4.69, 9.17) is 5.73 Å². The van der Waals surface area contributed by atoms with Crippen molar-refractivity contribution in [1.29, 1.82) is 0 Å². The van der Waals surface area contributed by atoms with Crippen LogP contribution in [0.2, 0.25) is 13.1 Å². The lowest BCUT2D eigenvalue weighted by atomic mass is 10.2. The van der Waals surface area contributed by atoms with Crippen LogP contribution in [-0.2, 0) is 6.42 Å². The average molecular weight is 248 g/mol. The number of nitrogens with one attached hydrogen (secondary N) is 1. The number of H-pyrrole nitrogens is 1. The molecule has 2 heterocycles. The molecular formula is C11H18N5Si. The topological polar surface area (TPSA) is 80.5 Å². The molecule has 0 bridgehead atoms. The molecule has 1 radical (unpaired) electrons. The Morgan fingerprint density at radius 1 is 1.24 bits per heavy atom. The molecule has 2 aromatic heterocycles. The van der Waals surface area contributed by atoms with E-state index in [-0.39, 0.29) is 0 Å². The quantitative estimate of drug-likeness (QED) is 0.798. The van der Waals surface area contributed by atoms with Crippen LogP contribution in [0, 0.1) is 0 Å². The number of aryl methyl sites for hydroxylation is 1. The maximum Gasteiger partial charge on any atom is 0.182 e. The molecular weight excluding hydrogens is 230 g/mol. The lowest BCUT2D eigenvalue weighted by Crippen LogP contribution is -2.30. The third-order valence-electron chi connectivity index (χ3n) is 2.64. The Morgan fingerprint density at radius 2 is 2.00 bits per heavy atom. The first kappa shape index (κ1) is 12.0. The van der Waals surface area contributed by atoms with Gasteiger partial charge in [-0.05, 0) is 6.42 Å². The van der Waals surface area contributed by atoms with Crippen molar-refractivity contribution in [1.82, 2.24) is 19.9 Å². The van der Waals surface area contributed by atoms with Gasteiger partial charge >= 0.3 is 0 Å². The fourth-order valence-corrected chi connectivity index (χ4v) is 2.33. The largest absolute Gasteiger partial charge is 0.382 e. The van der Waals surface area contributed by atoms with Gasteiger partial charge in [0.05, 0.1) is 0 Å². The zero-order chi connectivity index (χ0) is 12.4. The summed E-state index contributed by atoms with van der Waals surface area (Å²) in [6.45, 7) is 6.46. The molecule has 3 N–H and O–H groups in total. The second-order valence-corrected chi connectivity index (χ2v) is 6.87. The first-order valence-corrected chi connectivity index (χ1v) is 8.44. The van der Waals surface area contributed by atoms with E-state index >= 15 is 0 Å². The molecule has 0 amide bonds. The summed E-state index contributed by atoms with van der Waals surface area (Å²) in [5, 5.41) is 0. The summed E-state index contributed by atoms with van der Waals surface area (Å²) in [5.74, 6) is 1.48. The van der Waals surface area contributed by atoms with Gasteiger partial charge in [0, 0.05) is 6.42 Å². The number of hydrogen-bond acceptors (Lipinski definition) is 4. The molecule has 0 atom stereocenters. The Kier molecular flexibility index (Phi) is 3.42. The van der Waals surface area contributed by atoms with Crippen molar-refractivity contribution in [3.05, 3.63) is 5.82 Å². The molecule has 91 valence electrons. The van der Waals surface area contributed by atoms with E-state index in [0.29, 0.717) is 11.5 Å². The molecule has 17 heavy (non-hydrogen) atoms. The van der Waals surface area contributed by atoms with Crippen molar-refractivity contribution in [2.75, 3.05) is 5.73 Å². The molecule has 0 saturated heterocycles. The number of aromatic nitrogens is 4. The molecule has 2 aromatic rings. The predicted molar refractivity (Wildman–Crippen MR) is 71.8 cm³/mol. The fraction of sp³-hybridized carbons (Fsp3) is 0.545. The van der Waals surface area contributed by atoms with Gasteiger partial charge in [0.1, 0.15) is 25.6 Å². The number of aromatic amines is 1. The van der Waals surface area contributed by atoms with Gasteiger partial charge in [-0.1, -0.05) is 26.4 Å². The first-order valence-electron chi connectivity index (χ1n) is 5.94. The molecule has 0 aliphatic rings. The smallest absolute Gasteiger partial charge is 0.182 e. The number of nitrogens with zero attached hydrogens (tertiary/aromatic N) is 3. The molecule has 0 aliphatic carbocycles. The van der Waals surface area contributed by atoms with E-state index in [0.717, 1.165) is 36.1 Å². The lowest BCUT2D eigenvalue weighted by Gasteiger charge is -2.02. The third kappa shape index (κ3) is 2.46. The summed E-state index contributed by atoms with van der Waals surface area (Å²) in [6, 6.07) is 0. The van der Waals surface area contributed by atoms with Crippen molar-refractivity contribution >= 4 is 31.2 Å². The Balaban J connectivity index is 2.42. The zero-order valence-electron chi connectivity index (χ0n) is 10.5. The van der Waals surface area contributed by atoms with Crippen molar-refractivity contribution in [3.8, 4) is 0 Å². The normalized spacial score (nSPS) is 11.5. The van der Waals surface area contributed by atoms with Crippen LogP contribution in [0.1, 0.15) is 25.6 Å². The third-order valence-corrected chi connectivity index (χ3v) is 3.76. The number of imidazole rings is 1. The SMILES string of the molecule is CCCCc1nc2nc([Si](C)C)nc(N)c2[nH]1. The lowest BCUT2D eigenvalue weighted by molar-refractivity contribution is 0.764. The van der Waals surface area contributed by atoms with Gasteiger partial charge in [-0.25, -0.2) is 15.0 Å². The minimum atomic E-state index is -0.688. The molecule has 0 unspecified atom stereocenters. The Hall–Kier alpha value is -1.43. The summed E-state index contributed by atoms with van der Waals surface area (Å²) in [7, 11) is -0.688. The molecule has 0 fully saturated rings. The van der Waals surface area contributed by atoms with Crippen LogP contribution in [0.25, 0.3) is 11.2 Å². The summed E-state index contributed by atoms with van der Waals surface area (Å²) < 4.78 is 0. The number of nitrogens with two attached hydrogens (primary N) is 1. The minimum Gasteiger partial charge on any atom is -0.382 e. The number of rotatable bonds is 4. The Bertz CT molecular complexity index is 520. The van der Waals surface area contributed by atoms with Gasteiger partial charge in [-0.2, -0.15) is 0 Å². The number of nitrogen functional groups attached to an aromatic ring is 1. The highest BCUT2D eigenvalue weighted by Gasteiger charge is 2.12. The van der Waals surface area contributed by atoms with Crippen LogP contribution >= 0.6 is 0 Å². The van der Waals surface area contributed by atoms with Gasteiger partial charge in [0.2, 0.25) is 0 Å². The molecule has 0 aromatic carbocycles. The van der Waals surface area contributed by atoms with Gasteiger partial charge < -0.3 is 10.7 Å². The number of fused-ring (bicyclic) bond motifs is 1. The second kappa shape index (κ2) is 4.83. The molecule has 2 rings (SSSR count). The van der Waals surface area contributed by atoms with E-state index in [9.17, 15) is 0 Å². The Morgan fingerprint density at radius 3 is 2.65 bits per heavy atom. The highest BCUT2D eigenvalue weighted by atomic mass is 28.3. The van der Waals surface area contributed by atoms with E-state index in [1.165, 1.54) is 0 Å². The monoisotopic (exact) mass is 248 g/mol. The standard InChI is InChI=1S/C11H18N5Si/c1-4-5-6-7-13-8-9(12)15-11(17(2)3)16-10(8)14-7/h4-6H2,1-3H3,(H3,12,13,14,15,16). The van der Waals surface area contributed by atoms with E-state index in [1.807, 2.05) is 0 Å². The second-order valence-electron chi connectivity index (χ2n) is 4.42. The highest BCUT2D eigenvalue weighted by Crippen LogP contribution is 2.14. The molecule has 6 heteroatoms. The number of hydrogen-bond donors (Lipinski definition) is 2. The summed E-state index contributed by atoms with van der Waals surface area (Å²) in [4.78, 5) is 16.5. The molecule has 0 spiro atoms. The maximum absolute atomic E-state index is 5.93. The maximum atomic E-state index is 5.93. The van der Waals surface area contributed by atoms with E-state index in [1.54, 1.807) is 0 Å². The first-order chi connectivity index (χ1) is 8.11. The van der Waals surface area contributed by atoms with Gasteiger partial charge in [-0.15, -0.1) is 0 Å². The van der Waals surface area contributed by atoms with Crippen molar-refractivity contribution in [2.24, 2.45) is 0 Å². The van der Waals surface area contributed by atoms with Gasteiger partial charge in [-0.3, -0.25) is 0 Å². The summed E-state index contributed by atoms with van der Waals surface area (Å²) >= 11 is 0. The minimum absolute atomic E-state index is 0.520. The molecule has 0 saturated carbocycles. The fourth-order valence-electron chi connectivity index (χ4n) is 1.65. The number of unbranched alkanes of at least 4 members (excludes halogenated alkanes) is 1. The van der Waals surface area contributed by atoms with Crippen LogP contribution in [-0.4, -0.2) is 28.7 Å². The zero-order valence-corrected chi connectivity index (χ0v) is 11.5. The predicted octanol–water partition coefficient (Wildman–Crippen LogP) is 1.24. The highest BCUT2D eigenvalue weighted by molar-refractivity contribution is 6.69. The summed E-state index contributed by atoms with van der Waals surface area (Å²) in [5.41, 5.74) is 8.28. The van der Waals surface area contributed by atoms with Crippen LogP contribution in [0.3, 0.4) is 0 Å². The van der Waals surface area contributed by atoms with Crippen molar-refractivity contribution in [2.45, 2.75) is 39.3 Å².